The van der Waals surface area contributed by atoms with Gasteiger partial charge in [0.15, 0.2) is 0 Å². The van der Waals surface area contributed by atoms with Crippen LogP contribution in [-0.2, 0) is 13.1 Å². The highest BCUT2D eigenvalue weighted by atomic mass is 35.5. The molecule has 0 unspecified atom stereocenters. The number of halogens is 4. The summed E-state index contributed by atoms with van der Waals surface area (Å²) in [5.41, 5.74) is 0.865. The van der Waals surface area contributed by atoms with Gasteiger partial charge in [-0.2, -0.15) is 0 Å². The highest BCUT2D eigenvalue weighted by Gasteiger charge is 2.04. The molecule has 0 aliphatic heterocycles. The molecule has 1 N–H and O–H groups in total. The molecule has 2 aromatic rings. The molecular formula is C14H11ClF3N. The van der Waals surface area contributed by atoms with Gasteiger partial charge >= 0.3 is 0 Å². The molecule has 0 aliphatic rings. The second-order valence-electron chi connectivity index (χ2n) is 4.12. The molecule has 0 saturated heterocycles. The van der Waals surface area contributed by atoms with Crippen molar-refractivity contribution in [3.63, 3.8) is 0 Å². The number of rotatable bonds is 4. The average molecular weight is 286 g/mol. The lowest BCUT2D eigenvalue weighted by Gasteiger charge is -2.07. The predicted octanol–water partition coefficient (Wildman–Crippen LogP) is 4.05. The summed E-state index contributed by atoms with van der Waals surface area (Å²) >= 11 is 5.71. The van der Waals surface area contributed by atoms with E-state index in [4.69, 9.17) is 11.6 Å². The molecule has 0 saturated carbocycles. The van der Waals surface area contributed by atoms with E-state index in [1.165, 1.54) is 12.1 Å². The van der Waals surface area contributed by atoms with Crippen LogP contribution < -0.4 is 5.32 Å². The Morgan fingerprint density at radius 1 is 0.895 bits per heavy atom. The van der Waals surface area contributed by atoms with Gasteiger partial charge in [0, 0.05) is 23.7 Å². The third-order valence-electron chi connectivity index (χ3n) is 2.57. The number of benzene rings is 2. The Kier molecular flexibility index (Phi) is 4.45. The first kappa shape index (κ1) is 13.9. The fraction of sp³-hybridized carbons (Fsp3) is 0.143. The van der Waals surface area contributed by atoms with E-state index in [0.29, 0.717) is 17.1 Å². The lowest BCUT2D eigenvalue weighted by atomic mass is 10.2. The molecule has 5 heteroatoms. The zero-order valence-electron chi connectivity index (χ0n) is 9.89. The molecule has 0 fully saturated rings. The van der Waals surface area contributed by atoms with Crippen LogP contribution in [0.3, 0.4) is 0 Å². The van der Waals surface area contributed by atoms with Gasteiger partial charge in [-0.25, -0.2) is 13.2 Å². The van der Waals surface area contributed by atoms with Crippen LogP contribution in [0, 0.1) is 17.5 Å². The van der Waals surface area contributed by atoms with E-state index in [0.717, 1.165) is 18.2 Å². The molecule has 19 heavy (non-hydrogen) atoms. The highest BCUT2D eigenvalue weighted by Crippen LogP contribution is 2.14. The van der Waals surface area contributed by atoms with Crippen LogP contribution in [0.1, 0.15) is 11.1 Å². The number of hydrogen-bond acceptors (Lipinski definition) is 1. The monoisotopic (exact) mass is 285 g/mol. The summed E-state index contributed by atoms with van der Waals surface area (Å²) in [7, 11) is 0. The molecule has 0 aliphatic carbocycles. The molecule has 100 valence electrons. The third kappa shape index (κ3) is 3.98. The van der Waals surface area contributed by atoms with Gasteiger partial charge in [0.05, 0.1) is 0 Å². The number of nitrogens with one attached hydrogen (secondary N) is 1. The van der Waals surface area contributed by atoms with Crippen molar-refractivity contribution in [2.24, 2.45) is 0 Å². The van der Waals surface area contributed by atoms with Crippen molar-refractivity contribution in [3.05, 3.63) is 70.0 Å². The second-order valence-corrected chi connectivity index (χ2v) is 4.55. The van der Waals surface area contributed by atoms with Crippen molar-refractivity contribution >= 4 is 11.6 Å². The summed E-state index contributed by atoms with van der Waals surface area (Å²) in [6.07, 6.45) is 0. The molecule has 1 nitrogen and oxygen atoms in total. The lowest BCUT2D eigenvalue weighted by Crippen LogP contribution is -2.14. The van der Waals surface area contributed by atoms with Crippen molar-refractivity contribution in [1.82, 2.24) is 5.32 Å². The van der Waals surface area contributed by atoms with Crippen LogP contribution >= 0.6 is 11.6 Å². The summed E-state index contributed by atoms with van der Waals surface area (Å²) in [6, 6.07) is 7.41. The van der Waals surface area contributed by atoms with Crippen molar-refractivity contribution in [1.29, 1.82) is 0 Å². The molecule has 0 heterocycles. The maximum Gasteiger partial charge on any atom is 0.127 e. The average Bonchev–Trinajstić information content (AvgIpc) is 2.32. The molecule has 0 atom stereocenters. The molecule has 0 radical (unpaired) electrons. The van der Waals surface area contributed by atoms with Gasteiger partial charge in [0.2, 0.25) is 0 Å². The van der Waals surface area contributed by atoms with Crippen molar-refractivity contribution in [2.45, 2.75) is 13.1 Å². The zero-order valence-corrected chi connectivity index (χ0v) is 10.6. The molecular weight excluding hydrogens is 275 g/mol. The van der Waals surface area contributed by atoms with Gasteiger partial charge in [-0.3, -0.25) is 0 Å². The normalized spacial score (nSPS) is 10.7. The predicted molar refractivity (Wildman–Crippen MR) is 68.3 cm³/mol. The first-order valence-corrected chi connectivity index (χ1v) is 6.02. The molecule has 2 aromatic carbocycles. The Morgan fingerprint density at radius 3 is 2.42 bits per heavy atom. The van der Waals surface area contributed by atoms with Gasteiger partial charge in [0.25, 0.3) is 0 Å². The Balaban J connectivity index is 1.98. The molecule has 0 aromatic heterocycles. The maximum absolute atomic E-state index is 13.3. The third-order valence-corrected chi connectivity index (χ3v) is 2.79. The Hall–Kier alpha value is -1.52. The van der Waals surface area contributed by atoms with Gasteiger partial charge in [-0.15, -0.1) is 0 Å². The van der Waals surface area contributed by atoms with Gasteiger partial charge < -0.3 is 5.32 Å². The van der Waals surface area contributed by atoms with Crippen LogP contribution in [-0.4, -0.2) is 0 Å². The highest BCUT2D eigenvalue weighted by molar-refractivity contribution is 6.30. The lowest BCUT2D eigenvalue weighted by molar-refractivity contribution is 0.567. The van der Waals surface area contributed by atoms with Crippen LogP contribution in [0.4, 0.5) is 13.2 Å². The Morgan fingerprint density at radius 2 is 1.68 bits per heavy atom. The minimum Gasteiger partial charge on any atom is -0.309 e. The van der Waals surface area contributed by atoms with Crippen LogP contribution in [0.5, 0.6) is 0 Å². The van der Waals surface area contributed by atoms with Gasteiger partial charge in [0.1, 0.15) is 17.5 Å². The topological polar surface area (TPSA) is 12.0 Å². The first-order valence-electron chi connectivity index (χ1n) is 5.64. The first-order chi connectivity index (χ1) is 9.04. The minimum absolute atomic E-state index is 0.151. The second kappa shape index (κ2) is 6.08. The van der Waals surface area contributed by atoms with E-state index in [1.54, 1.807) is 6.07 Å². The largest absolute Gasteiger partial charge is 0.309 e. The quantitative estimate of drug-likeness (QED) is 0.894. The summed E-state index contributed by atoms with van der Waals surface area (Å²) in [6.45, 7) is 0.463. The molecule has 0 bridgehead atoms. The van der Waals surface area contributed by atoms with E-state index in [-0.39, 0.29) is 12.1 Å². The molecule has 0 spiro atoms. The molecule has 2 rings (SSSR count). The Bertz CT molecular complexity index is 567. The minimum atomic E-state index is -0.494. The SMILES string of the molecule is Fc1cc(Cl)cc(CNCc2cc(F)ccc2F)c1. The van der Waals surface area contributed by atoms with E-state index < -0.39 is 17.5 Å². The fourth-order valence-electron chi connectivity index (χ4n) is 1.73. The fourth-order valence-corrected chi connectivity index (χ4v) is 1.98. The smallest absolute Gasteiger partial charge is 0.127 e. The van der Waals surface area contributed by atoms with Crippen molar-refractivity contribution < 1.29 is 13.2 Å². The van der Waals surface area contributed by atoms with Crippen molar-refractivity contribution in [3.8, 4) is 0 Å². The summed E-state index contributed by atoms with van der Waals surface area (Å²) in [5, 5.41) is 3.21. The summed E-state index contributed by atoms with van der Waals surface area (Å²) in [4.78, 5) is 0. The van der Waals surface area contributed by atoms with Crippen LogP contribution in [0.2, 0.25) is 5.02 Å². The van der Waals surface area contributed by atoms with Crippen LogP contribution in [0.15, 0.2) is 36.4 Å². The van der Waals surface area contributed by atoms with Gasteiger partial charge in [-0.05, 0) is 42.0 Å². The number of hydrogen-bond donors (Lipinski definition) is 1. The van der Waals surface area contributed by atoms with Gasteiger partial charge in [-0.1, -0.05) is 11.6 Å². The maximum atomic E-state index is 13.3. The summed E-state index contributed by atoms with van der Waals surface area (Å²) in [5.74, 6) is -1.40. The van der Waals surface area contributed by atoms with Crippen LogP contribution in [0.25, 0.3) is 0 Å². The van der Waals surface area contributed by atoms with E-state index in [1.807, 2.05) is 0 Å². The molecule has 0 amide bonds. The van der Waals surface area contributed by atoms with E-state index in [9.17, 15) is 13.2 Å². The Labute approximate surface area is 114 Å². The van der Waals surface area contributed by atoms with Crippen molar-refractivity contribution in [2.75, 3.05) is 0 Å². The van der Waals surface area contributed by atoms with E-state index in [2.05, 4.69) is 5.32 Å². The van der Waals surface area contributed by atoms with E-state index >= 15 is 0 Å². The summed E-state index contributed by atoms with van der Waals surface area (Å²) < 4.78 is 39.4. The zero-order chi connectivity index (χ0) is 13.8. The standard InChI is InChI=1S/C14H11ClF3N/c15-11-3-9(4-13(17)6-11)7-19-8-10-5-12(16)1-2-14(10)18/h1-6,19H,7-8H2.